The third-order valence-electron chi connectivity index (χ3n) is 6.43. The van der Waals surface area contributed by atoms with E-state index in [9.17, 15) is 14.9 Å². The number of nitro groups is 1. The maximum Gasteiger partial charge on any atom is 0.269 e. The highest BCUT2D eigenvalue weighted by molar-refractivity contribution is 5.82. The Morgan fingerprint density at radius 3 is 2.76 bits per heavy atom. The SMILES string of the molecule is O=C(NCc1ccccc1)[C@@H]1Cc2cc([N+](=O)[O-])ccc2N2CCN(c3cnccn3)C[C@H]12. The van der Waals surface area contributed by atoms with Gasteiger partial charge in [0.05, 0.1) is 23.1 Å². The van der Waals surface area contributed by atoms with Gasteiger partial charge in [0.25, 0.3) is 5.69 Å². The lowest BCUT2D eigenvalue weighted by Gasteiger charge is -2.49. The number of amides is 1. The number of piperazine rings is 1. The molecule has 5 rings (SSSR count). The largest absolute Gasteiger partial charge is 0.364 e. The molecule has 3 heterocycles. The quantitative estimate of drug-likeness (QED) is 0.476. The molecule has 168 valence electrons. The van der Waals surface area contributed by atoms with Gasteiger partial charge in [-0.3, -0.25) is 19.9 Å². The highest BCUT2D eigenvalue weighted by atomic mass is 16.6. The number of rotatable bonds is 5. The molecule has 1 amide bonds. The first-order chi connectivity index (χ1) is 16.1. The molecule has 0 saturated carbocycles. The van der Waals surface area contributed by atoms with E-state index in [-0.39, 0.29) is 28.5 Å². The Hall–Kier alpha value is -4.01. The lowest BCUT2D eigenvalue weighted by molar-refractivity contribution is -0.384. The van der Waals surface area contributed by atoms with Gasteiger partial charge in [0.15, 0.2) is 0 Å². The van der Waals surface area contributed by atoms with Crippen molar-refractivity contribution in [1.82, 2.24) is 15.3 Å². The van der Waals surface area contributed by atoms with E-state index in [0.717, 1.165) is 29.2 Å². The molecule has 2 atom stereocenters. The van der Waals surface area contributed by atoms with Crippen molar-refractivity contribution in [3.05, 3.63) is 88.4 Å². The summed E-state index contributed by atoms with van der Waals surface area (Å²) in [4.78, 5) is 37.3. The summed E-state index contributed by atoms with van der Waals surface area (Å²) in [6, 6.07) is 14.7. The van der Waals surface area contributed by atoms with Crippen LogP contribution in [0.25, 0.3) is 0 Å². The number of hydrogen-bond acceptors (Lipinski definition) is 7. The second kappa shape index (κ2) is 8.85. The van der Waals surface area contributed by atoms with Gasteiger partial charge in [-0.05, 0) is 23.6 Å². The normalized spacial score (nSPS) is 19.4. The van der Waals surface area contributed by atoms with Crippen LogP contribution in [0, 0.1) is 16.0 Å². The van der Waals surface area contributed by atoms with Crippen LogP contribution in [0.15, 0.2) is 67.1 Å². The topological polar surface area (TPSA) is 104 Å². The summed E-state index contributed by atoms with van der Waals surface area (Å²) in [5.41, 5.74) is 2.89. The number of fused-ring (bicyclic) bond motifs is 3. The molecule has 1 N–H and O–H groups in total. The van der Waals surface area contributed by atoms with Gasteiger partial charge in [0.2, 0.25) is 5.91 Å². The van der Waals surface area contributed by atoms with Crippen molar-refractivity contribution in [2.75, 3.05) is 29.4 Å². The minimum absolute atomic E-state index is 0.0491. The average molecular weight is 444 g/mol. The maximum absolute atomic E-state index is 13.4. The monoisotopic (exact) mass is 444 g/mol. The fourth-order valence-electron chi connectivity index (χ4n) is 4.80. The molecule has 0 spiro atoms. The minimum atomic E-state index is -0.386. The Bertz CT molecular complexity index is 1160. The Labute approximate surface area is 191 Å². The number of carbonyl (C=O) groups excluding carboxylic acids is 1. The lowest BCUT2D eigenvalue weighted by atomic mass is 9.83. The predicted octanol–water partition coefficient (Wildman–Crippen LogP) is 2.57. The molecule has 0 unspecified atom stereocenters. The fourth-order valence-corrected chi connectivity index (χ4v) is 4.80. The van der Waals surface area contributed by atoms with E-state index in [2.05, 4.69) is 25.1 Å². The lowest BCUT2D eigenvalue weighted by Crippen LogP contribution is -2.61. The van der Waals surface area contributed by atoms with Crippen molar-refractivity contribution in [2.45, 2.75) is 19.0 Å². The average Bonchev–Trinajstić information content (AvgIpc) is 2.87. The number of nitro benzene ring substituents is 1. The van der Waals surface area contributed by atoms with Crippen molar-refractivity contribution in [1.29, 1.82) is 0 Å². The number of aromatic nitrogens is 2. The molecule has 1 aromatic heterocycles. The van der Waals surface area contributed by atoms with Crippen LogP contribution >= 0.6 is 0 Å². The van der Waals surface area contributed by atoms with Crippen LogP contribution in [0.1, 0.15) is 11.1 Å². The molecule has 1 saturated heterocycles. The summed E-state index contributed by atoms with van der Waals surface area (Å²) in [6.45, 7) is 2.48. The van der Waals surface area contributed by atoms with Gasteiger partial charge in [-0.1, -0.05) is 30.3 Å². The zero-order valence-electron chi connectivity index (χ0n) is 18.0. The fraction of sp³-hybridized carbons (Fsp3) is 0.292. The van der Waals surface area contributed by atoms with E-state index in [1.54, 1.807) is 30.7 Å². The van der Waals surface area contributed by atoms with E-state index in [4.69, 9.17) is 0 Å². The van der Waals surface area contributed by atoms with Gasteiger partial charge in [-0.2, -0.15) is 0 Å². The molecule has 0 radical (unpaired) electrons. The molecule has 3 aromatic rings. The Morgan fingerprint density at radius 1 is 1.15 bits per heavy atom. The van der Waals surface area contributed by atoms with Gasteiger partial charge in [0.1, 0.15) is 5.82 Å². The van der Waals surface area contributed by atoms with Crippen molar-refractivity contribution in [3.63, 3.8) is 0 Å². The van der Waals surface area contributed by atoms with Crippen LogP contribution in [0.4, 0.5) is 17.2 Å². The number of anilines is 2. The smallest absolute Gasteiger partial charge is 0.269 e. The third-order valence-corrected chi connectivity index (χ3v) is 6.43. The van der Waals surface area contributed by atoms with Gasteiger partial charge >= 0.3 is 0 Å². The minimum Gasteiger partial charge on any atom is -0.364 e. The molecule has 0 aliphatic carbocycles. The second-order valence-corrected chi connectivity index (χ2v) is 8.35. The molecule has 33 heavy (non-hydrogen) atoms. The summed E-state index contributed by atoms with van der Waals surface area (Å²) < 4.78 is 0. The number of carbonyl (C=O) groups is 1. The van der Waals surface area contributed by atoms with E-state index >= 15 is 0 Å². The van der Waals surface area contributed by atoms with E-state index in [1.807, 2.05) is 36.4 Å². The summed E-state index contributed by atoms with van der Waals surface area (Å²) in [6.07, 6.45) is 5.50. The Morgan fingerprint density at radius 2 is 2.00 bits per heavy atom. The summed E-state index contributed by atoms with van der Waals surface area (Å²) in [5, 5.41) is 14.4. The number of benzene rings is 2. The Balaban J connectivity index is 1.43. The molecule has 9 heteroatoms. The van der Waals surface area contributed by atoms with E-state index in [1.165, 1.54) is 0 Å². The van der Waals surface area contributed by atoms with Crippen LogP contribution < -0.4 is 15.1 Å². The predicted molar refractivity (Wildman–Crippen MR) is 124 cm³/mol. The molecule has 2 aromatic carbocycles. The zero-order chi connectivity index (χ0) is 22.8. The molecular weight excluding hydrogens is 420 g/mol. The number of nitrogens with zero attached hydrogens (tertiary/aromatic N) is 5. The maximum atomic E-state index is 13.4. The van der Waals surface area contributed by atoms with Gasteiger partial charge in [-0.25, -0.2) is 4.98 Å². The second-order valence-electron chi connectivity index (χ2n) is 8.35. The van der Waals surface area contributed by atoms with Crippen LogP contribution in [-0.2, 0) is 17.8 Å². The van der Waals surface area contributed by atoms with E-state index < -0.39 is 0 Å². The summed E-state index contributed by atoms with van der Waals surface area (Å²) >= 11 is 0. The number of non-ortho nitro benzene ring substituents is 1. The van der Waals surface area contributed by atoms with Crippen molar-refractivity contribution in [3.8, 4) is 0 Å². The molecule has 1 fully saturated rings. The molecule has 2 aliphatic rings. The van der Waals surface area contributed by atoms with Crippen LogP contribution in [0.3, 0.4) is 0 Å². The molecular formula is C24H24N6O3. The third kappa shape index (κ3) is 4.21. The van der Waals surface area contributed by atoms with Gasteiger partial charge < -0.3 is 15.1 Å². The highest BCUT2D eigenvalue weighted by Gasteiger charge is 2.42. The zero-order valence-corrected chi connectivity index (χ0v) is 18.0. The van der Waals surface area contributed by atoms with Gasteiger partial charge in [0, 0.05) is 56.4 Å². The van der Waals surface area contributed by atoms with Crippen molar-refractivity contribution in [2.24, 2.45) is 5.92 Å². The van der Waals surface area contributed by atoms with E-state index in [0.29, 0.717) is 26.1 Å². The standard InChI is InChI=1S/C24H24N6O3/c31-24(27-14-17-4-2-1-3-5-17)20-13-18-12-19(30(32)33)6-7-21(18)29-11-10-28(16-22(20)29)23-15-25-8-9-26-23/h1-9,12,15,20,22H,10-11,13-14,16H2,(H,27,31)/t20-,22-/m1/s1. The van der Waals surface area contributed by atoms with Gasteiger partial charge in [-0.15, -0.1) is 0 Å². The molecule has 2 aliphatic heterocycles. The first kappa shape index (κ1) is 20.9. The Kier molecular flexibility index (Phi) is 5.60. The summed E-state index contributed by atoms with van der Waals surface area (Å²) in [5.74, 6) is 0.393. The van der Waals surface area contributed by atoms with Crippen LogP contribution in [-0.4, -0.2) is 46.5 Å². The van der Waals surface area contributed by atoms with Crippen molar-refractivity contribution < 1.29 is 9.72 Å². The number of hydrogen-bond donors (Lipinski definition) is 1. The first-order valence-corrected chi connectivity index (χ1v) is 11.0. The summed E-state index contributed by atoms with van der Waals surface area (Å²) in [7, 11) is 0. The molecule has 9 nitrogen and oxygen atoms in total. The van der Waals surface area contributed by atoms with Crippen LogP contribution in [0.5, 0.6) is 0 Å². The number of nitrogens with one attached hydrogen (secondary N) is 1. The van der Waals surface area contributed by atoms with Crippen molar-refractivity contribution >= 4 is 23.1 Å². The van der Waals surface area contributed by atoms with Crippen LogP contribution in [0.2, 0.25) is 0 Å². The molecule has 0 bridgehead atoms. The first-order valence-electron chi connectivity index (χ1n) is 11.0. The highest BCUT2D eigenvalue weighted by Crippen LogP contribution is 2.38.